The molecule has 0 aliphatic carbocycles. The lowest BCUT2D eigenvalue weighted by Gasteiger charge is -2.38. The predicted molar refractivity (Wildman–Crippen MR) is 123 cm³/mol. The van der Waals surface area contributed by atoms with E-state index < -0.39 is 0 Å². The van der Waals surface area contributed by atoms with Crippen molar-refractivity contribution in [3.8, 4) is 0 Å². The lowest BCUT2D eigenvalue weighted by molar-refractivity contribution is 0.298. The van der Waals surface area contributed by atoms with E-state index in [9.17, 15) is 0 Å². The largest absolute Gasteiger partial charge is 0.399 e. The predicted octanol–water partition coefficient (Wildman–Crippen LogP) is 2.91. The Bertz CT molecular complexity index is 991. The Balaban J connectivity index is 1.55. The Morgan fingerprint density at radius 3 is 1.88 bits per heavy atom. The van der Waals surface area contributed by atoms with Crippen molar-refractivity contribution in [3.63, 3.8) is 0 Å². The highest BCUT2D eigenvalue weighted by Gasteiger charge is 2.47. The molecule has 4 N–H and O–H groups in total. The van der Waals surface area contributed by atoms with Gasteiger partial charge in [-0.25, -0.2) is 0 Å². The molecule has 0 amide bonds. The molecular weight excluding hydrogens is 404 g/mol. The van der Waals surface area contributed by atoms with E-state index in [2.05, 4.69) is 25.1 Å². The molecule has 2 aromatic rings. The molecule has 6 heteroatoms. The highest BCUT2D eigenvalue weighted by molar-refractivity contribution is 5.63. The van der Waals surface area contributed by atoms with Gasteiger partial charge in [-0.1, -0.05) is 18.2 Å². The third-order valence-corrected chi connectivity index (χ3v) is 7.47. The summed E-state index contributed by atoms with van der Waals surface area (Å²) in [5, 5.41) is 0. The standard InChI is InChI=1S/C26H32N2O4/c1-15-23(8-20-12-30-20)24(7-16(25(15)28)6-19-11-29-19)26(9-21-13-31-21,10-22-14-32-22)17-2-4-18(27)5-3-17/h2-5,7,19-22H,6,8-14,27-28H2,1H3. The molecule has 4 fully saturated rings. The van der Waals surface area contributed by atoms with Gasteiger partial charge in [0, 0.05) is 29.6 Å². The summed E-state index contributed by atoms with van der Waals surface area (Å²) in [4.78, 5) is 0. The summed E-state index contributed by atoms with van der Waals surface area (Å²) in [7, 11) is 0. The van der Waals surface area contributed by atoms with E-state index >= 15 is 0 Å². The minimum atomic E-state index is -0.224. The third kappa shape index (κ3) is 4.13. The van der Waals surface area contributed by atoms with Crippen LogP contribution in [0.15, 0.2) is 30.3 Å². The summed E-state index contributed by atoms with van der Waals surface area (Å²) < 4.78 is 22.8. The van der Waals surface area contributed by atoms with Gasteiger partial charge in [0.1, 0.15) is 0 Å². The summed E-state index contributed by atoms with van der Waals surface area (Å²) in [5.41, 5.74) is 20.5. The molecule has 4 unspecified atom stereocenters. The van der Waals surface area contributed by atoms with Gasteiger partial charge >= 0.3 is 0 Å². The van der Waals surface area contributed by atoms with E-state index in [0.717, 1.165) is 63.5 Å². The van der Waals surface area contributed by atoms with E-state index in [-0.39, 0.29) is 29.8 Å². The quantitative estimate of drug-likeness (QED) is 0.439. The zero-order valence-electron chi connectivity index (χ0n) is 18.6. The molecule has 0 saturated carbocycles. The number of benzene rings is 2. The van der Waals surface area contributed by atoms with Crippen LogP contribution in [0, 0.1) is 6.92 Å². The van der Waals surface area contributed by atoms with E-state index in [4.69, 9.17) is 30.4 Å². The van der Waals surface area contributed by atoms with Crippen molar-refractivity contribution in [3.05, 3.63) is 58.1 Å². The normalized spacial score (nSPS) is 29.4. The number of nitrogens with two attached hydrogens (primary N) is 2. The molecule has 32 heavy (non-hydrogen) atoms. The molecule has 0 radical (unpaired) electrons. The van der Waals surface area contributed by atoms with Gasteiger partial charge in [-0.2, -0.15) is 0 Å². The Labute approximate surface area is 189 Å². The maximum absolute atomic E-state index is 6.69. The summed E-state index contributed by atoms with van der Waals surface area (Å²) in [6.45, 7) is 5.45. The van der Waals surface area contributed by atoms with Crippen molar-refractivity contribution in [1.82, 2.24) is 0 Å². The summed E-state index contributed by atoms with van der Waals surface area (Å²) in [6.07, 6.45) is 4.70. The fourth-order valence-electron chi connectivity index (χ4n) is 5.29. The number of epoxide rings is 4. The molecule has 4 saturated heterocycles. The van der Waals surface area contributed by atoms with Gasteiger partial charge in [-0.15, -0.1) is 0 Å². The molecule has 4 aliphatic heterocycles. The SMILES string of the molecule is Cc1c(N)c(CC2CO2)cc(C(CC2CO2)(CC2CO2)c2ccc(N)cc2)c1CC1CO1. The molecule has 170 valence electrons. The van der Waals surface area contributed by atoms with E-state index in [1.165, 1.54) is 27.8 Å². The third-order valence-electron chi connectivity index (χ3n) is 7.47. The molecule has 0 bridgehead atoms. The van der Waals surface area contributed by atoms with Crippen molar-refractivity contribution in [1.29, 1.82) is 0 Å². The van der Waals surface area contributed by atoms with Gasteiger partial charge in [0.25, 0.3) is 0 Å². The number of nitrogen functional groups attached to an aromatic ring is 2. The van der Waals surface area contributed by atoms with Crippen molar-refractivity contribution < 1.29 is 18.9 Å². The second-order valence-electron chi connectivity index (χ2n) is 9.94. The van der Waals surface area contributed by atoms with Crippen LogP contribution in [-0.2, 0) is 37.2 Å². The smallest absolute Gasteiger partial charge is 0.0850 e. The Hall–Kier alpha value is -2.12. The van der Waals surface area contributed by atoms with Crippen molar-refractivity contribution in [2.24, 2.45) is 0 Å². The van der Waals surface area contributed by atoms with Gasteiger partial charge in [-0.3, -0.25) is 0 Å². The summed E-state index contributed by atoms with van der Waals surface area (Å²) in [5.74, 6) is 0. The van der Waals surface area contributed by atoms with Crippen LogP contribution < -0.4 is 11.5 Å². The topological polar surface area (TPSA) is 102 Å². The number of anilines is 2. The number of ether oxygens (including phenoxy) is 4. The number of hydrogen-bond acceptors (Lipinski definition) is 6. The molecule has 0 aromatic heterocycles. The minimum Gasteiger partial charge on any atom is -0.399 e. The molecule has 0 spiro atoms. The number of rotatable bonds is 10. The van der Waals surface area contributed by atoms with Crippen LogP contribution in [0.5, 0.6) is 0 Å². The van der Waals surface area contributed by atoms with Gasteiger partial charge in [0.05, 0.1) is 50.8 Å². The van der Waals surface area contributed by atoms with Gasteiger partial charge in [-0.05, 0) is 59.7 Å². The fourth-order valence-corrected chi connectivity index (χ4v) is 5.29. The van der Waals surface area contributed by atoms with Crippen LogP contribution >= 0.6 is 0 Å². The minimum absolute atomic E-state index is 0.224. The zero-order valence-corrected chi connectivity index (χ0v) is 18.6. The van der Waals surface area contributed by atoms with Gasteiger partial charge in [0.2, 0.25) is 0 Å². The molecule has 4 aliphatic rings. The molecular formula is C26H32N2O4. The highest BCUT2D eigenvalue weighted by Crippen LogP contribution is 2.49. The van der Waals surface area contributed by atoms with Crippen LogP contribution in [0.2, 0.25) is 0 Å². The first-order chi connectivity index (χ1) is 15.5. The molecule has 4 heterocycles. The monoisotopic (exact) mass is 436 g/mol. The van der Waals surface area contributed by atoms with E-state index in [1.54, 1.807) is 0 Å². The first-order valence-electron chi connectivity index (χ1n) is 11.8. The Morgan fingerprint density at radius 2 is 1.34 bits per heavy atom. The van der Waals surface area contributed by atoms with Crippen molar-refractivity contribution in [2.75, 3.05) is 37.9 Å². The van der Waals surface area contributed by atoms with Crippen molar-refractivity contribution in [2.45, 2.75) is 62.4 Å². The first-order valence-corrected chi connectivity index (χ1v) is 11.8. The van der Waals surface area contributed by atoms with Crippen molar-refractivity contribution >= 4 is 11.4 Å². The second-order valence-corrected chi connectivity index (χ2v) is 9.94. The average molecular weight is 437 g/mol. The average Bonchev–Trinajstić information content (AvgIpc) is 3.62. The van der Waals surface area contributed by atoms with Crippen LogP contribution in [0.4, 0.5) is 11.4 Å². The van der Waals surface area contributed by atoms with E-state index in [0.29, 0.717) is 0 Å². The zero-order chi connectivity index (χ0) is 21.9. The maximum atomic E-state index is 6.69. The highest BCUT2D eigenvalue weighted by atomic mass is 16.6. The molecule has 2 aromatic carbocycles. The van der Waals surface area contributed by atoms with Crippen LogP contribution in [0.25, 0.3) is 0 Å². The van der Waals surface area contributed by atoms with E-state index in [1.807, 2.05) is 12.1 Å². The van der Waals surface area contributed by atoms with Gasteiger partial charge < -0.3 is 30.4 Å². The first kappa shape index (κ1) is 20.5. The number of hydrogen-bond donors (Lipinski definition) is 2. The maximum Gasteiger partial charge on any atom is 0.0850 e. The summed E-state index contributed by atoms with van der Waals surface area (Å²) in [6, 6.07) is 10.8. The lowest BCUT2D eigenvalue weighted by Crippen LogP contribution is -2.34. The fraction of sp³-hybridized carbons (Fsp3) is 0.538. The lowest BCUT2D eigenvalue weighted by atomic mass is 9.65. The summed E-state index contributed by atoms with van der Waals surface area (Å²) >= 11 is 0. The molecule has 4 atom stereocenters. The van der Waals surface area contributed by atoms with Crippen LogP contribution in [0.1, 0.15) is 40.7 Å². The second kappa shape index (κ2) is 7.73. The van der Waals surface area contributed by atoms with Crippen LogP contribution in [-0.4, -0.2) is 50.8 Å². The van der Waals surface area contributed by atoms with Crippen LogP contribution in [0.3, 0.4) is 0 Å². The Kier molecular flexibility index (Phi) is 4.95. The Morgan fingerprint density at radius 1 is 0.812 bits per heavy atom. The molecule has 6 rings (SSSR count). The molecule has 6 nitrogen and oxygen atoms in total. The van der Waals surface area contributed by atoms with Gasteiger partial charge in [0.15, 0.2) is 0 Å².